The summed E-state index contributed by atoms with van der Waals surface area (Å²) in [6, 6.07) is 9.41. The van der Waals surface area contributed by atoms with Gasteiger partial charge in [-0.05, 0) is 57.2 Å². The summed E-state index contributed by atoms with van der Waals surface area (Å²) in [4.78, 5) is 31.2. The van der Waals surface area contributed by atoms with Crippen molar-refractivity contribution in [1.29, 1.82) is 0 Å². The highest BCUT2D eigenvalue weighted by Crippen LogP contribution is 2.19. The number of hydrogen-bond donors (Lipinski definition) is 1. The van der Waals surface area contributed by atoms with Crippen LogP contribution in [0.3, 0.4) is 0 Å². The van der Waals surface area contributed by atoms with Crippen molar-refractivity contribution in [1.82, 2.24) is 15.1 Å². The Morgan fingerprint density at radius 1 is 1.11 bits per heavy atom. The van der Waals surface area contributed by atoms with Gasteiger partial charge in [-0.2, -0.15) is 5.10 Å². The summed E-state index contributed by atoms with van der Waals surface area (Å²) in [5.41, 5.74) is 2.49. The Balaban J connectivity index is 2.45. The van der Waals surface area contributed by atoms with E-state index < -0.39 is 0 Å². The van der Waals surface area contributed by atoms with E-state index in [1.165, 1.54) is 4.68 Å². The van der Waals surface area contributed by atoms with Gasteiger partial charge < -0.3 is 14.9 Å². The Bertz CT molecular complexity index is 1070. The van der Waals surface area contributed by atoms with Crippen LogP contribution >= 0.6 is 0 Å². The zero-order valence-electron chi connectivity index (χ0n) is 22.3. The molecule has 0 unspecified atom stereocenters. The molecule has 0 saturated heterocycles. The number of carbonyl (C=O) groups excluding carboxylic acids is 1. The minimum atomic E-state index is -0.260. The second kappa shape index (κ2) is 13.1. The maximum Gasteiger partial charge on any atom is 0.276 e. The number of benzene rings is 1. The molecule has 0 aliphatic heterocycles. The van der Waals surface area contributed by atoms with Crippen LogP contribution in [-0.2, 0) is 29.0 Å². The van der Waals surface area contributed by atoms with Gasteiger partial charge in [0.1, 0.15) is 11.9 Å². The molecule has 2 aromatic rings. The van der Waals surface area contributed by atoms with E-state index >= 15 is 0 Å². The summed E-state index contributed by atoms with van der Waals surface area (Å²) < 4.78 is 6.93. The molecule has 192 valence electrons. The maximum absolute atomic E-state index is 13.4. The Kier molecular flexibility index (Phi) is 10.5. The third-order valence-electron chi connectivity index (χ3n) is 5.68. The molecule has 8 heteroatoms. The molecule has 1 amide bonds. The van der Waals surface area contributed by atoms with Crippen molar-refractivity contribution in [2.45, 2.75) is 80.0 Å². The van der Waals surface area contributed by atoms with Gasteiger partial charge in [0.15, 0.2) is 0 Å². The van der Waals surface area contributed by atoms with Crippen LogP contribution in [0, 0.1) is 11.8 Å². The highest BCUT2D eigenvalue weighted by Gasteiger charge is 2.21. The van der Waals surface area contributed by atoms with Crippen LogP contribution in [0.5, 0.6) is 5.75 Å². The van der Waals surface area contributed by atoms with Crippen molar-refractivity contribution in [3.63, 3.8) is 0 Å². The lowest BCUT2D eigenvalue weighted by molar-refractivity contribution is -0.125. The number of nitrogens with one attached hydrogen (secondary N) is 1. The van der Waals surface area contributed by atoms with Gasteiger partial charge >= 0.3 is 0 Å². The number of nitrogens with zero attached hydrogens (tertiary/aromatic N) is 3. The number of aromatic nitrogens is 2. The topological polar surface area (TPSA) is 94.8 Å². The van der Waals surface area contributed by atoms with Crippen LogP contribution < -0.4 is 15.6 Å². The van der Waals surface area contributed by atoms with E-state index in [4.69, 9.17) is 9.57 Å². The average molecular weight is 485 g/mol. The lowest BCUT2D eigenvalue weighted by Gasteiger charge is -2.24. The Morgan fingerprint density at radius 2 is 1.80 bits per heavy atom. The summed E-state index contributed by atoms with van der Waals surface area (Å²) in [7, 11) is 1.65. The molecule has 0 saturated carbocycles. The largest absolute Gasteiger partial charge is 0.496 e. The van der Waals surface area contributed by atoms with E-state index in [0.29, 0.717) is 24.1 Å². The molecule has 0 radical (unpaired) electrons. The van der Waals surface area contributed by atoms with Gasteiger partial charge in [0.25, 0.3) is 5.56 Å². The van der Waals surface area contributed by atoms with Crippen LogP contribution in [0.2, 0.25) is 0 Å². The number of amides is 1. The second-order valence-corrected chi connectivity index (χ2v) is 9.69. The Hall–Kier alpha value is -3.16. The van der Waals surface area contributed by atoms with E-state index in [1.807, 2.05) is 65.8 Å². The molecular formula is C27H40N4O4. The Morgan fingerprint density at radius 3 is 2.40 bits per heavy atom. The van der Waals surface area contributed by atoms with E-state index in [-0.39, 0.29) is 42.0 Å². The zero-order chi connectivity index (χ0) is 26.1. The van der Waals surface area contributed by atoms with Gasteiger partial charge in [0.2, 0.25) is 5.91 Å². The summed E-state index contributed by atoms with van der Waals surface area (Å²) in [6.07, 6.45) is 1.21. The number of methoxy groups -OCH3 is 1. The zero-order valence-corrected chi connectivity index (χ0v) is 22.3. The van der Waals surface area contributed by atoms with Crippen LogP contribution in [-0.4, -0.2) is 40.7 Å². The summed E-state index contributed by atoms with van der Waals surface area (Å²) in [6.45, 7) is 13.5. The third-order valence-corrected chi connectivity index (χ3v) is 5.68. The molecule has 0 fully saturated rings. The standard InChI is InChI=1S/C27H40N4O4/c1-17(2)24(28-26(32)18(3)4)16-31-27(33)23(20(7)30-35-19(5)6)15-22(29-31)14-13-21-11-9-10-12-25(21)34-8/h9-12,15,17-19,24H,13-14,16H2,1-8H3,(H,28,32)/b30-20+/t24-/m1/s1. The fourth-order valence-electron chi connectivity index (χ4n) is 3.47. The van der Waals surface area contributed by atoms with Gasteiger partial charge in [0, 0.05) is 5.92 Å². The Labute approximate surface area is 208 Å². The minimum Gasteiger partial charge on any atom is -0.496 e. The number of rotatable bonds is 12. The van der Waals surface area contributed by atoms with Crippen molar-refractivity contribution in [2.24, 2.45) is 17.0 Å². The summed E-state index contributed by atoms with van der Waals surface area (Å²) >= 11 is 0. The van der Waals surface area contributed by atoms with Crippen LogP contribution in [0.25, 0.3) is 0 Å². The monoisotopic (exact) mass is 484 g/mol. The smallest absolute Gasteiger partial charge is 0.276 e. The third kappa shape index (κ3) is 8.23. The fourth-order valence-corrected chi connectivity index (χ4v) is 3.47. The van der Waals surface area contributed by atoms with Crippen LogP contribution in [0.4, 0.5) is 0 Å². The molecule has 1 atom stereocenters. The number of oxime groups is 1. The molecule has 1 heterocycles. The van der Waals surface area contributed by atoms with Gasteiger partial charge in [-0.1, -0.05) is 51.0 Å². The average Bonchev–Trinajstić information content (AvgIpc) is 2.82. The number of carbonyl (C=O) groups is 1. The van der Waals surface area contributed by atoms with Crippen molar-refractivity contribution in [2.75, 3.05) is 7.11 Å². The first-order valence-corrected chi connectivity index (χ1v) is 12.3. The van der Waals surface area contributed by atoms with Crippen molar-refractivity contribution in [3.05, 3.63) is 57.5 Å². The van der Waals surface area contributed by atoms with E-state index in [0.717, 1.165) is 17.0 Å². The first-order chi connectivity index (χ1) is 16.5. The predicted molar refractivity (Wildman–Crippen MR) is 139 cm³/mol. The second-order valence-electron chi connectivity index (χ2n) is 9.69. The lowest BCUT2D eigenvalue weighted by Crippen LogP contribution is -2.46. The van der Waals surface area contributed by atoms with Gasteiger partial charge in [0.05, 0.1) is 36.7 Å². The quantitative estimate of drug-likeness (QED) is 0.363. The molecule has 1 N–H and O–H groups in total. The SMILES string of the molecule is COc1ccccc1CCc1cc(/C(C)=N/OC(C)C)c(=O)n(C[C@@H](NC(=O)C(C)C)C(C)C)n1. The molecule has 1 aromatic heterocycles. The molecule has 35 heavy (non-hydrogen) atoms. The van der Waals surface area contributed by atoms with Crippen LogP contribution in [0.1, 0.15) is 65.3 Å². The normalized spacial score (nSPS) is 12.8. The van der Waals surface area contributed by atoms with Crippen molar-refractivity contribution < 1.29 is 14.4 Å². The summed E-state index contributed by atoms with van der Waals surface area (Å²) in [5, 5.41) is 11.9. The molecule has 0 aliphatic rings. The van der Waals surface area contributed by atoms with E-state index in [9.17, 15) is 9.59 Å². The minimum absolute atomic E-state index is 0.0487. The molecule has 2 rings (SSSR count). The van der Waals surface area contributed by atoms with E-state index in [1.54, 1.807) is 20.1 Å². The van der Waals surface area contributed by atoms with Crippen molar-refractivity contribution >= 4 is 11.6 Å². The molecule has 0 aliphatic carbocycles. The molecule has 1 aromatic carbocycles. The highest BCUT2D eigenvalue weighted by molar-refractivity contribution is 5.98. The lowest BCUT2D eigenvalue weighted by atomic mass is 10.0. The summed E-state index contributed by atoms with van der Waals surface area (Å²) in [5.74, 6) is 0.741. The molecule has 0 spiro atoms. The maximum atomic E-state index is 13.4. The van der Waals surface area contributed by atoms with Gasteiger partial charge in [-0.25, -0.2) is 4.68 Å². The number of aryl methyl sites for hydroxylation is 2. The highest BCUT2D eigenvalue weighted by atomic mass is 16.6. The van der Waals surface area contributed by atoms with Crippen molar-refractivity contribution in [3.8, 4) is 5.75 Å². The first kappa shape index (κ1) is 28.1. The predicted octanol–water partition coefficient (Wildman–Crippen LogP) is 3.98. The number of para-hydroxylation sites is 1. The first-order valence-electron chi connectivity index (χ1n) is 12.3. The molecule has 8 nitrogen and oxygen atoms in total. The molecule has 0 bridgehead atoms. The number of ether oxygens (including phenoxy) is 1. The number of hydrogen-bond acceptors (Lipinski definition) is 6. The van der Waals surface area contributed by atoms with Gasteiger partial charge in [-0.15, -0.1) is 0 Å². The van der Waals surface area contributed by atoms with Crippen LogP contribution in [0.15, 0.2) is 40.3 Å². The molecular weight excluding hydrogens is 444 g/mol. The van der Waals surface area contributed by atoms with E-state index in [2.05, 4.69) is 15.6 Å². The fraction of sp³-hybridized carbons (Fsp3) is 0.556. The van der Waals surface area contributed by atoms with Gasteiger partial charge in [-0.3, -0.25) is 9.59 Å².